The van der Waals surface area contributed by atoms with Crippen molar-refractivity contribution in [2.75, 3.05) is 0 Å². The van der Waals surface area contributed by atoms with Gasteiger partial charge in [0.25, 0.3) is 17.1 Å². The van der Waals surface area contributed by atoms with Crippen molar-refractivity contribution in [1.29, 1.82) is 0 Å². The van der Waals surface area contributed by atoms with Crippen LogP contribution in [0.1, 0.15) is 5.56 Å². The molecule has 0 aliphatic heterocycles. The maximum absolute atomic E-state index is 11.8. The first-order valence-electron chi connectivity index (χ1n) is 6.34. The molecule has 0 bridgehead atoms. The second-order valence-electron chi connectivity index (χ2n) is 4.33. The van der Waals surface area contributed by atoms with Gasteiger partial charge < -0.3 is 0 Å². The summed E-state index contributed by atoms with van der Waals surface area (Å²) in [4.78, 5) is 20.3. The Bertz CT molecular complexity index is 727. The predicted octanol–water partition coefficient (Wildman–Crippen LogP) is 5.10. The topological polar surface area (TPSA) is 86.3 Å². The molecule has 0 spiro atoms. The summed E-state index contributed by atoms with van der Waals surface area (Å²) in [5, 5.41) is 20.5. The molecule has 10 heteroatoms. The normalized spacial score (nSPS) is 10.0. The number of hydrogen-bond donors (Lipinski definition) is 1. The number of nitrogens with zero attached hydrogens (tertiary/aromatic N) is 2. The highest BCUT2D eigenvalue weighted by Crippen LogP contribution is 2.26. The molecule has 0 aliphatic carbocycles. The molecule has 0 atom stereocenters. The molecule has 0 fully saturated rings. The van der Waals surface area contributed by atoms with E-state index in [1.807, 2.05) is 0 Å². The molecule has 128 valence electrons. The van der Waals surface area contributed by atoms with Crippen LogP contribution in [0.5, 0.6) is 0 Å². The summed E-state index contributed by atoms with van der Waals surface area (Å²) >= 11 is 4.37. The molecule has 0 aliphatic rings. The van der Waals surface area contributed by atoms with Gasteiger partial charge in [-0.3, -0.25) is 20.2 Å². The predicted molar refractivity (Wildman–Crippen MR) is 90.0 cm³/mol. The lowest BCUT2D eigenvalue weighted by molar-refractivity contribution is -0.387. The van der Waals surface area contributed by atoms with Gasteiger partial charge in [-0.25, -0.2) is 0 Å². The van der Waals surface area contributed by atoms with Gasteiger partial charge in [-0.2, -0.15) is 8.78 Å². The van der Waals surface area contributed by atoms with E-state index in [4.69, 9.17) is 0 Å². The van der Waals surface area contributed by atoms with Crippen LogP contribution >= 0.6 is 24.4 Å². The van der Waals surface area contributed by atoms with Crippen molar-refractivity contribution in [2.45, 2.75) is 22.5 Å². The number of halogens is 2. The molecule has 0 aromatic heterocycles. The summed E-state index contributed by atoms with van der Waals surface area (Å²) < 4.78 is 23.6. The summed E-state index contributed by atoms with van der Waals surface area (Å²) in [6.07, 6.45) is 0. The minimum absolute atomic E-state index is 0.0633. The lowest BCUT2D eigenvalue weighted by Crippen LogP contribution is -1.90. The Morgan fingerprint density at radius 3 is 2.04 bits per heavy atom. The highest BCUT2D eigenvalue weighted by molar-refractivity contribution is 7.99. The second-order valence-corrected chi connectivity index (χ2v) is 5.84. The zero-order valence-corrected chi connectivity index (χ0v) is 14.0. The quantitative estimate of drug-likeness (QED) is 0.348. The van der Waals surface area contributed by atoms with Gasteiger partial charge in [0, 0.05) is 23.1 Å². The van der Waals surface area contributed by atoms with Gasteiger partial charge >= 0.3 is 0 Å². The fraction of sp³-hybridized carbons (Fsp3) is 0.143. The van der Waals surface area contributed by atoms with Crippen molar-refractivity contribution in [1.82, 2.24) is 0 Å². The molecule has 0 amide bonds. The van der Waals surface area contributed by atoms with Crippen molar-refractivity contribution >= 4 is 35.8 Å². The maximum Gasteiger partial charge on any atom is 0.288 e. The fourth-order valence-electron chi connectivity index (χ4n) is 1.54. The molecule has 6 nitrogen and oxygen atoms in total. The van der Waals surface area contributed by atoms with E-state index in [-0.39, 0.29) is 11.4 Å². The van der Waals surface area contributed by atoms with Crippen molar-refractivity contribution in [2.24, 2.45) is 0 Å². The summed E-state index contributed by atoms with van der Waals surface area (Å²) in [5.41, 5.74) is 0.787. The molecule has 0 heterocycles. The summed E-state index contributed by atoms with van der Waals surface area (Å²) in [6, 6.07) is 9.87. The number of thiol groups is 1. The Hall–Kier alpha value is -2.20. The first kappa shape index (κ1) is 19.8. The molecule has 2 aromatic rings. The Labute approximate surface area is 145 Å². The Morgan fingerprint density at radius 1 is 1.04 bits per heavy atom. The van der Waals surface area contributed by atoms with Crippen molar-refractivity contribution in [3.05, 3.63) is 68.3 Å². The van der Waals surface area contributed by atoms with E-state index in [0.717, 1.165) is 5.56 Å². The van der Waals surface area contributed by atoms with Crippen LogP contribution in [0, 0.1) is 27.2 Å². The van der Waals surface area contributed by atoms with Gasteiger partial charge in [-0.1, -0.05) is 23.9 Å². The third kappa shape index (κ3) is 6.13. The smallest absolute Gasteiger partial charge is 0.258 e. The van der Waals surface area contributed by atoms with E-state index < -0.39 is 15.6 Å². The van der Waals surface area contributed by atoms with Crippen molar-refractivity contribution in [3.8, 4) is 0 Å². The number of aryl methyl sites for hydroxylation is 1. The third-order valence-electron chi connectivity index (χ3n) is 2.69. The zero-order valence-electron chi connectivity index (χ0n) is 12.3. The van der Waals surface area contributed by atoms with E-state index in [1.54, 1.807) is 19.1 Å². The van der Waals surface area contributed by atoms with Gasteiger partial charge in [0.15, 0.2) is 0 Å². The summed E-state index contributed by atoms with van der Waals surface area (Å²) in [7, 11) is 0. The Kier molecular flexibility index (Phi) is 7.59. The van der Waals surface area contributed by atoms with Gasteiger partial charge in [-0.05, 0) is 24.6 Å². The lowest BCUT2D eigenvalue weighted by Gasteiger charge is -1.98. The van der Waals surface area contributed by atoms with Gasteiger partial charge in [-0.15, -0.1) is 12.6 Å². The van der Waals surface area contributed by atoms with E-state index in [2.05, 4.69) is 12.6 Å². The maximum atomic E-state index is 11.8. The van der Waals surface area contributed by atoms with Crippen LogP contribution in [-0.4, -0.2) is 15.6 Å². The fourth-order valence-corrected chi connectivity index (χ4v) is 2.27. The third-order valence-corrected chi connectivity index (χ3v) is 3.99. The summed E-state index contributed by atoms with van der Waals surface area (Å²) in [6.45, 7) is 1.79. The van der Waals surface area contributed by atoms with Gasteiger partial charge in [0.1, 0.15) is 0 Å². The van der Waals surface area contributed by atoms with E-state index in [1.165, 1.54) is 30.3 Å². The second kappa shape index (κ2) is 9.18. The van der Waals surface area contributed by atoms with E-state index in [0.29, 0.717) is 21.6 Å². The van der Waals surface area contributed by atoms with Crippen molar-refractivity contribution in [3.63, 3.8) is 0 Å². The summed E-state index contributed by atoms with van der Waals surface area (Å²) in [5.74, 6) is -2.50. The monoisotopic (exact) mass is 374 g/mol. The molecule has 0 unspecified atom stereocenters. The average Bonchev–Trinajstić information content (AvgIpc) is 2.50. The van der Waals surface area contributed by atoms with Crippen LogP contribution in [0.4, 0.5) is 20.2 Å². The van der Waals surface area contributed by atoms with Crippen molar-refractivity contribution < 1.29 is 18.6 Å². The number of hydrogen-bond acceptors (Lipinski definition) is 6. The van der Waals surface area contributed by atoms with Crippen LogP contribution in [0.3, 0.4) is 0 Å². The molecule has 24 heavy (non-hydrogen) atoms. The largest absolute Gasteiger partial charge is 0.288 e. The van der Waals surface area contributed by atoms with Crippen LogP contribution in [0.25, 0.3) is 0 Å². The first-order chi connectivity index (χ1) is 11.2. The molecule has 0 saturated heterocycles. The number of benzene rings is 2. The molecule has 0 saturated carbocycles. The highest BCUT2D eigenvalue weighted by atomic mass is 32.2. The van der Waals surface area contributed by atoms with Crippen LogP contribution in [0.15, 0.2) is 52.3 Å². The number of alkyl halides is 2. The number of nitro benzene ring substituents is 2. The Morgan fingerprint density at radius 2 is 1.62 bits per heavy atom. The van der Waals surface area contributed by atoms with Gasteiger partial charge in [0.05, 0.1) is 14.7 Å². The van der Waals surface area contributed by atoms with E-state index in [9.17, 15) is 29.0 Å². The lowest BCUT2D eigenvalue weighted by atomic mass is 10.2. The van der Waals surface area contributed by atoms with Crippen LogP contribution in [-0.2, 0) is 0 Å². The molecule has 2 aromatic carbocycles. The molecular weight excluding hydrogens is 362 g/mol. The minimum Gasteiger partial charge on any atom is -0.258 e. The molecular formula is C14H12F2N2O4S2. The molecule has 0 radical (unpaired) electrons. The number of non-ortho nitro benzene ring substituents is 1. The van der Waals surface area contributed by atoms with E-state index >= 15 is 0 Å². The minimum atomic E-state index is -2.50. The number of nitro groups is 2. The van der Waals surface area contributed by atoms with Crippen LogP contribution < -0.4 is 0 Å². The van der Waals surface area contributed by atoms with Crippen LogP contribution in [0.2, 0.25) is 0 Å². The zero-order chi connectivity index (χ0) is 18.3. The standard InChI is InChI=1S/C7H5F2NO2S.C7H7NO2S/c8-7(9)13-6-3-1-5(2-4-6)10(11)12;1-5-3-2-4-6(7(5)11)8(9)10/h1-4,7H;2-4,11H,1H3. The SMILES string of the molecule is Cc1cccc([N+](=O)[O-])c1S.O=[N+]([O-])c1ccc(SC(F)F)cc1. The molecule has 0 N–H and O–H groups in total. The highest BCUT2D eigenvalue weighted by Gasteiger charge is 2.10. The average molecular weight is 374 g/mol. The number of thioether (sulfide) groups is 1. The Balaban J connectivity index is 0.000000243. The van der Waals surface area contributed by atoms with Gasteiger partial charge in [0.2, 0.25) is 0 Å². The number of rotatable bonds is 4. The molecule has 2 rings (SSSR count). The first-order valence-corrected chi connectivity index (χ1v) is 7.67.